The van der Waals surface area contributed by atoms with Crippen molar-refractivity contribution in [1.82, 2.24) is 5.32 Å². The molecule has 4 heteroatoms. The van der Waals surface area contributed by atoms with Crippen LogP contribution in [-0.4, -0.2) is 19.8 Å². The molecule has 94 valence electrons. The minimum atomic E-state index is 0.236. The van der Waals surface area contributed by atoms with Crippen molar-refractivity contribution < 1.29 is 4.74 Å². The quantitative estimate of drug-likeness (QED) is 0.904. The number of hydrogen-bond acceptors (Lipinski definition) is 2. The molecular weight excluding hydrogens is 257 g/mol. The van der Waals surface area contributed by atoms with Gasteiger partial charge in [-0.2, -0.15) is 0 Å². The van der Waals surface area contributed by atoms with Crippen molar-refractivity contribution in [2.75, 3.05) is 19.8 Å². The van der Waals surface area contributed by atoms with E-state index in [-0.39, 0.29) is 6.04 Å². The fraction of sp³-hybridized carbons (Fsp3) is 0.538. The largest absolute Gasteiger partial charge is 0.381 e. The second kappa shape index (κ2) is 6.05. The monoisotopic (exact) mass is 273 g/mol. The maximum atomic E-state index is 6.17. The van der Waals surface area contributed by atoms with Gasteiger partial charge in [0.2, 0.25) is 0 Å². The first kappa shape index (κ1) is 13.2. The molecule has 1 aliphatic rings. The normalized spacial score (nSPS) is 21.7. The Balaban J connectivity index is 1.91. The Morgan fingerprint density at radius 3 is 2.94 bits per heavy atom. The van der Waals surface area contributed by atoms with Crippen molar-refractivity contribution in [3.63, 3.8) is 0 Å². The Hall–Kier alpha value is -0.280. The van der Waals surface area contributed by atoms with Gasteiger partial charge in [0.05, 0.1) is 6.61 Å². The zero-order valence-electron chi connectivity index (χ0n) is 9.88. The molecule has 0 radical (unpaired) electrons. The van der Waals surface area contributed by atoms with Gasteiger partial charge >= 0.3 is 0 Å². The zero-order chi connectivity index (χ0) is 12.3. The van der Waals surface area contributed by atoms with Crippen LogP contribution in [0.15, 0.2) is 18.2 Å². The molecule has 2 rings (SSSR count). The summed E-state index contributed by atoms with van der Waals surface area (Å²) in [6, 6.07) is 5.88. The number of halogens is 2. The molecule has 1 heterocycles. The van der Waals surface area contributed by atoms with E-state index in [9.17, 15) is 0 Å². The highest BCUT2D eigenvalue weighted by Crippen LogP contribution is 2.26. The topological polar surface area (TPSA) is 21.3 Å². The van der Waals surface area contributed by atoms with E-state index in [1.165, 1.54) is 0 Å². The average molecular weight is 274 g/mol. The highest BCUT2D eigenvalue weighted by atomic mass is 35.5. The molecule has 1 aromatic rings. The van der Waals surface area contributed by atoms with Crippen molar-refractivity contribution in [1.29, 1.82) is 0 Å². The lowest BCUT2D eigenvalue weighted by molar-refractivity contribution is 0.184. The van der Waals surface area contributed by atoms with Gasteiger partial charge in [-0.3, -0.25) is 0 Å². The predicted molar refractivity (Wildman–Crippen MR) is 71.8 cm³/mol. The molecule has 17 heavy (non-hydrogen) atoms. The van der Waals surface area contributed by atoms with E-state index >= 15 is 0 Å². The van der Waals surface area contributed by atoms with Crippen molar-refractivity contribution >= 4 is 23.2 Å². The summed E-state index contributed by atoms with van der Waals surface area (Å²) in [4.78, 5) is 0. The van der Waals surface area contributed by atoms with Crippen LogP contribution in [-0.2, 0) is 4.74 Å². The maximum Gasteiger partial charge on any atom is 0.0507 e. The van der Waals surface area contributed by atoms with Gasteiger partial charge in [0, 0.05) is 29.2 Å². The van der Waals surface area contributed by atoms with Crippen LogP contribution in [0.2, 0.25) is 10.0 Å². The van der Waals surface area contributed by atoms with Crippen LogP contribution >= 0.6 is 23.2 Å². The van der Waals surface area contributed by atoms with Gasteiger partial charge in [-0.25, -0.2) is 0 Å². The number of ether oxygens (including phenoxy) is 1. The predicted octanol–water partition coefficient (Wildman–Crippen LogP) is 3.68. The highest BCUT2D eigenvalue weighted by Gasteiger charge is 2.17. The van der Waals surface area contributed by atoms with Gasteiger partial charge in [-0.15, -0.1) is 0 Å². The summed E-state index contributed by atoms with van der Waals surface area (Å²) in [7, 11) is 0. The number of rotatable bonds is 4. The van der Waals surface area contributed by atoms with Gasteiger partial charge in [0.25, 0.3) is 0 Å². The molecule has 0 spiro atoms. The molecule has 1 aromatic carbocycles. The van der Waals surface area contributed by atoms with Crippen LogP contribution in [0.1, 0.15) is 24.9 Å². The zero-order valence-corrected chi connectivity index (χ0v) is 11.4. The van der Waals surface area contributed by atoms with Crippen molar-refractivity contribution in [2.45, 2.75) is 19.4 Å². The van der Waals surface area contributed by atoms with Crippen molar-refractivity contribution in [3.8, 4) is 0 Å². The minimum Gasteiger partial charge on any atom is -0.381 e. The molecule has 2 unspecified atom stereocenters. The summed E-state index contributed by atoms with van der Waals surface area (Å²) in [6.07, 6.45) is 1.15. The summed E-state index contributed by atoms with van der Waals surface area (Å²) in [5.74, 6) is 0.628. The van der Waals surface area contributed by atoms with Gasteiger partial charge < -0.3 is 10.1 Å². The molecule has 1 fully saturated rings. The number of nitrogens with one attached hydrogen (secondary N) is 1. The lowest BCUT2D eigenvalue weighted by Crippen LogP contribution is -2.26. The van der Waals surface area contributed by atoms with Crippen LogP contribution in [0.5, 0.6) is 0 Å². The second-order valence-corrected chi connectivity index (χ2v) is 5.37. The fourth-order valence-corrected chi connectivity index (χ4v) is 2.62. The Bertz CT molecular complexity index is 378. The van der Waals surface area contributed by atoms with Gasteiger partial charge in [-0.1, -0.05) is 29.3 Å². The maximum absolute atomic E-state index is 6.17. The van der Waals surface area contributed by atoms with E-state index in [4.69, 9.17) is 27.9 Å². The molecule has 0 bridgehead atoms. The van der Waals surface area contributed by atoms with Crippen LogP contribution in [0.25, 0.3) is 0 Å². The molecule has 0 aromatic heterocycles. The van der Waals surface area contributed by atoms with E-state index in [0.717, 1.165) is 36.8 Å². The molecule has 1 N–H and O–H groups in total. The second-order valence-electron chi connectivity index (χ2n) is 4.53. The number of hydrogen-bond donors (Lipinski definition) is 1. The van der Waals surface area contributed by atoms with Crippen molar-refractivity contribution in [3.05, 3.63) is 33.8 Å². The Kier molecular flexibility index (Phi) is 4.69. The first-order chi connectivity index (χ1) is 8.16. The van der Waals surface area contributed by atoms with Gasteiger partial charge in [-0.05, 0) is 37.0 Å². The SMILES string of the molecule is CC(NCC1CCOC1)c1ccc(Cl)cc1Cl. The number of benzene rings is 1. The molecule has 0 amide bonds. The first-order valence-corrected chi connectivity index (χ1v) is 6.68. The summed E-state index contributed by atoms with van der Waals surface area (Å²) >= 11 is 12.1. The van der Waals surface area contributed by atoms with Gasteiger partial charge in [0.1, 0.15) is 0 Å². The van der Waals surface area contributed by atoms with Crippen LogP contribution in [0.4, 0.5) is 0 Å². The molecular formula is C13H17Cl2NO. The third-order valence-corrected chi connectivity index (χ3v) is 3.73. The van der Waals surface area contributed by atoms with E-state index < -0.39 is 0 Å². The van der Waals surface area contributed by atoms with Crippen LogP contribution < -0.4 is 5.32 Å². The lowest BCUT2D eigenvalue weighted by Gasteiger charge is -2.18. The summed E-state index contributed by atoms with van der Waals surface area (Å²) in [5, 5.41) is 4.89. The summed E-state index contributed by atoms with van der Waals surface area (Å²) in [5.41, 5.74) is 1.09. The standard InChI is InChI=1S/C13H17Cl2NO/c1-9(16-7-10-4-5-17-8-10)12-3-2-11(14)6-13(12)15/h2-3,6,9-10,16H,4-5,7-8H2,1H3. The van der Waals surface area contributed by atoms with E-state index in [1.54, 1.807) is 6.07 Å². The molecule has 1 aliphatic heterocycles. The molecule has 2 atom stereocenters. The van der Waals surface area contributed by atoms with Crippen molar-refractivity contribution in [2.24, 2.45) is 5.92 Å². The summed E-state index contributed by atoms with van der Waals surface area (Å²) in [6.45, 7) is 4.85. The molecule has 0 aliphatic carbocycles. The van der Waals surface area contributed by atoms with Gasteiger partial charge in [0.15, 0.2) is 0 Å². The summed E-state index contributed by atoms with van der Waals surface area (Å²) < 4.78 is 5.35. The van der Waals surface area contributed by atoms with E-state index in [2.05, 4.69) is 12.2 Å². The Morgan fingerprint density at radius 1 is 1.47 bits per heavy atom. The Morgan fingerprint density at radius 2 is 2.29 bits per heavy atom. The van der Waals surface area contributed by atoms with Crippen LogP contribution in [0.3, 0.4) is 0 Å². The Labute approximate surface area is 112 Å². The smallest absolute Gasteiger partial charge is 0.0507 e. The van der Waals surface area contributed by atoms with E-state index in [1.807, 2.05) is 12.1 Å². The van der Waals surface area contributed by atoms with Crippen LogP contribution in [0, 0.1) is 5.92 Å². The third-order valence-electron chi connectivity index (χ3n) is 3.17. The third kappa shape index (κ3) is 3.59. The highest BCUT2D eigenvalue weighted by molar-refractivity contribution is 6.35. The molecule has 1 saturated heterocycles. The molecule has 0 saturated carbocycles. The first-order valence-electron chi connectivity index (χ1n) is 5.93. The van der Waals surface area contributed by atoms with E-state index in [0.29, 0.717) is 10.9 Å². The fourth-order valence-electron chi connectivity index (χ4n) is 2.05. The molecule has 2 nitrogen and oxygen atoms in total. The minimum absolute atomic E-state index is 0.236. The average Bonchev–Trinajstić information content (AvgIpc) is 2.78. The lowest BCUT2D eigenvalue weighted by atomic mass is 10.1.